The topological polar surface area (TPSA) is 24.9 Å². The largest absolute Gasteiger partial charge is 0.369 e. The third-order valence-corrected chi connectivity index (χ3v) is 2.84. The molecule has 0 amide bonds. The first kappa shape index (κ1) is 11.9. The molecule has 0 aliphatic carbocycles. The Balaban J connectivity index is 1.76. The van der Waals surface area contributed by atoms with Crippen molar-refractivity contribution >= 4 is 17.4 Å². The van der Waals surface area contributed by atoms with Gasteiger partial charge in [0.15, 0.2) is 0 Å². The highest BCUT2D eigenvalue weighted by Gasteiger charge is 1.98. The third kappa shape index (κ3) is 3.75. The number of aromatic nitrogens is 1. The molecule has 0 saturated heterocycles. The Labute approximate surface area is 107 Å². The number of hydrogen-bond acceptors (Lipinski definition) is 2. The van der Waals surface area contributed by atoms with Gasteiger partial charge in [0.25, 0.3) is 0 Å². The average Bonchev–Trinajstić information content (AvgIpc) is 2.38. The van der Waals surface area contributed by atoms with Gasteiger partial charge in [-0.15, -0.1) is 0 Å². The van der Waals surface area contributed by atoms with Crippen LogP contribution in [-0.2, 0) is 6.42 Å². The van der Waals surface area contributed by atoms with E-state index in [-0.39, 0.29) is 0 Å². The average molecular weight is 247 g/mol. The maximum atomic E-state index is 6.00. The lowest BCUT2D eigenvalue weighted by atomic mass is 10.1. The summed E-state index contributed by atoms with van der Waals surface area (Å²) < 4.78 is 0. The fourth-order valence-corrected chi connectivity index (χ4v) is 1.85. The van der Waals surface area contributed by atoms with Crippen LogP contribution in [0.15, 0.2) is 48.7 Å². The monoisotopic (exact) mass is 246 g/mol. The predicted octanol–water partition coefficient (Wildman–Crippen LogP) is 3.78. The zero-order chi connectivity index (χ0) is 11.9. The number of aryl methyl sites for hydroxylation is 1. The highest BCUT2D eigenvalue weighted by atomic mass is 35.5. The van der Waals surface area contributed by atoms with E-state index in [1.807, 2.05) is 18.2 Å². The van der Waals surface area contributed by atoms with E-state index in [9.17, 15) is 0 Å². The fourth-order valence-electron chi connectivity index (χ4n) is 1.66. The summed E-state index contributed by atoms with van der Waals surface area (Å²) in [6, 6.07) is 14.1. The summed E-state index contributed by atoms with van der Waals surface area (Å²) in [5, 5.41) is 3.91. The molecule has 2 nitrogen and oxygen atoms in total. The highest BCUT2D eigenvalue weighted by Crippen LogP contribution is 2.17. The molecule has 1 N–H and O–H groups in total. The van der Waals surface area contributed by atoms with Gasteiger partial charge in [0.05, 0.1) is 5.02 Å². The smallest absolute Gasteiger partial charge is 0.144 e. The Hall–Kier alpha value is -1.54. The van der Waals surface area contributed by atoms with Gasteiger partial charge in [0.1, 0.15) is 5.82 Å². The number of pyridine rings is 1. The van der Waals surface area contributed by atoms with Crippen LogP contribution in [0.5, 0.6) is 0 Å². The van der Waals surface area contributed by atoms with E-state index < -0.39 is 0 Å². The first-order valence-electron chi connectivity index (χ1n) is 5.74. The van der Waals surface area contributed by atoms with E-state index in [1.54, 1.807) is 6.20 Å². The Kier molecular flexibility index (Phi) is 4.39. The van der Waals surface area contributed by atoms with Crippen LogP contribution >= 0.6 is 11.6 Å². The van der Waals surface area contributed by atoms with Crippen LogP contribution in [0, 0.1) is 0 Å². The Morgan fingerprint density at radius 2 is 1.88 bits per heavy atom. The molecule has 1 aromatic carbocycles. The van der Waals surface area contributed by atoms with Gasteiger partial charge in [-0.2, -0.15) is 0 Å². The maximum Gasteiger partial charge on any atom is 0.144 e. The van der Waals surface area contributed by atoms with Crippen molar-refractivity contribution in [3.05, 3.63) is 59.2 Å². The minimum absolute atomic E-state index is 0.673. The number of halogens is 1. The number of rotatable bonds is 5. The standard InChI is InChI=1S/C14H15ClN2/c15-13-9-5-11-17-14(13)16-10-4-8-12-6-2-1-3-7-12/h1-3,5-7,9,11H,4,8,10H2,(H,16,17). The Morgan fingerprint density at radius 3 is 2.65 bits per heavy atom. The molecular formula is C14H15ClN2. The zero-order valence-corrected chi connectivity index (χ0v) is 10.3. The third-order valence-electron chi connectivity index (χ3n) is 2.54. The van der Waals surface area contributed by atoms with E-state index in [2.05, 4.69) is 34.6 Å². The van der Waals surface area contributed by atoms with Crippen LogP contribution in [-0.4, -0.2) is 11.5 Å². The second-order valence-electron chi connectivity index (χ2n) is 3.85. The molecular weight excluding hydrogens is 232 g/mol. The van der Waals surface area contributed by atoms with Crippen molar-refractivity contribution in [1.29, 1.82) is 0 Å². The van der Waals surface area contributed by atoms with Gasteiger partial charge in [-0.25, -0.2) is 4.98 Å². The number of benzene rings is 1. The van der Waals surface area contributed by atoms with Gasteiger partial charge in [0, 0.05) is 12.7 Å². The Bertz CT molecular complexity index is 457. The molecule has 0 aliphatic heterocycles. The first-order chi connectivity index (χ1) is 8.36. The Morgan fingerprint density at radius 1 is 1.06 bits per heavy atom. The first-order valence-corrected chi connectivity index (χ1v) is 6.12. The maximum absolute atomic E-state index is 6.00. The van der Waals surface area contributed by atoms with Crippen LogP contribution < -0.4 is 5.32 Å². The molecule has 0 unspecified atom stereocenters. The van der Waals surface area contributed by atoms with E-state index in [1.165, 1.54) is 5.56 Å². The van der Waals surface area contributed by atoms with Gasteiger partial charge in [-0.05, 0) is 30.5 Å². The summed E-state index contributed by atoms with van der Waals surface area (Å²) in [4.78, 5) is 4.18. The van der Waals surface area contributed by atoms with Crippen molar-refractivity contribution in [2.24, 2.45) is 0 Å². The summed E-state index contributed by atoms with van der Waals surface area (Å²) in [5.41, 5.74) is 1.36. The fraction of sp³-hybridized carbons (Fsp3) is 0.214. The molecule has 17 heavy (non-hydrogen) atoms. The van der Waals surface area contributed by atoms with Crippen molar-refractivity contribution < 1.29 is 0 Å². The lowest BCUT2D eigenvalue weighted by Crippen LogP contribution is -2.04. The van der Waals surface area contributed by atoms with Gasteiger partial charge < -0.3 is 5.32 Å². The van der Waals surface area contributed by atoms with Crippen molar-refractivity contribution in [2.45, 2.75) is 12.8 Å². The summed E-state index contributed by atoms with van der Waals surface area (Å²) in [6.07, 6.45) is 3.88. The molecule has 0 fully saturated rings. The van der Waals surface area contributed by atoms with Crippen molar-refractivity contribution in [2.75, 3.05) is 11.9 Å². The minimum Gasteiger partial charge on any atom is -0.369 e. The highest BCUT2D eigenvalue weighted by molar-refractivity contribution is 6.32. The van der Waals surface area contributed by atoms with E-state index in [0.29, 0.717) is 5.02 Å². The molecule has 1 aromatic heterocycles. The minimum atomic E-state index is 0.673. The van der Waals surface area contributed by atoms with Crippen LogP contribution in [0.2, 0.25) is 5.02 Å². The lowest BCUT2D eigenvalue weighted by Gasteiger charge is -2.06. The quantitative estimate of drug-likeness (QED) is 0.813. The zero-order valence-electron chi connectivity index (χ0n) is 9.57. The van der Waals surface area contributed by atoms with Gasteiger partial charge in [0.2, 0.25) is 0 Å². The molecule has 0 bridgehead atoms. The molecule has 3 heteroatoms. The van der Waals surface area contributed by atoms with Crippen molar-refractivity contribution in [1.82, 2.24) is 4.98 Å². The molecule has 2 aromatic rings. The van der Waals surface area contributed by atoms with Gasteiger partial charge in [-0.1, -0.05) is 41.9 Å². The van der Waals surface area contributed by atoms with Gasteiger partial charge >= 0.3 is 0 Å². The molecule has 0 aliphatic rings. The second-order valence-corrected chi connectivity index (χ2v) is 4.26. The summed E-state index contributed by atoms with van der Waals surface area (Å²) in [7, 11) is 0. The number of nitrogens with one attached hydrogen (secondary N) is 1. The van der Waals surface area contributed by atoms with Crippen molar-refractivity contribution in [3.8, 4) is 0 Å². The van der Waals surface area contributed by atoms with E-state index in [0.717, 1.165) is 25.2 Å². The summed E-state index contributed by atoms with van der Waals surface area (Å²) >= 11 is 6.00. The van der Waals surface area contributed by atoms with E-state index >= 15 is 0 Å². The predicted molar refractivity (Wildman–Crippen MR) is 72.5 cm³/mol. The summed E-state index contributed by atoms with van der Waals surface area (Å²) in [6.45, 7) is 0.881. The van der Waals surface area contributed by atoms with Crippen LogP contribution in [0.25, 0.3) is 0 Å². The molecule has 2 rings (SSSR count). The normalized spacial score (nSPS) is 10.2. The number of nitrogens with zero attached hydrogens (tertiary/aromatic N) is 1. The summed E-state index contributed by atoms with van der Waals surface area (Å²) in [5.74, 6) is 0.766. The number of hydrogen-bond donors (Lipinski definition) is 1. The number of anilines is 1. The van der Waals surface area contributed by atoms with Crippen LogP contribution in [0.1, 0.15) is 12.0 Å². The lowest BCUT2D eigenvalue weighted by molar-refractivity contribution is 0.859. The molecule has 0 saturated carbocycles. The molecule has 0 radical (unpaired) electrons. The van der Waals surface area contributed by atoms with Crippen molar-refractivity contribution in [3.63, 3.8) is 0 Å². The van der Waals surface area contributed by atoms with Crippen LogP contribution in [0.3, 0.4) is 0 Å². The molecule has 1 heterocycles. The molecule has 0 atom stereocenters. The van der Waals surface area contributed by atoms with Gasteiger partial charge in [-0.3, -0.25) is 0 Å². The SMILES string of the molecule is Clc1cccnc1NCCCc1ccccc1. The van der Waals surface area contributed by atoms with Crippen LogP contribution in [0.4, 0.5) is 5.82 Å². The molecule has 88 valence electrons. The second kappa shape index (κ2) is 6.26. The van der Waals surface area contributed by atoms with E-state index in [4.69, 9.17) is 11.6 Å². The molecule has 0 spiro atoms.